The molecule has 1 rings (SSSR count). The van der Waals surface area contributed by atoms with E-state index < -0.39 is 0 Å². The molecular weight excluding hydrogens is 198 g/mol. The average Bonchev–Trinajstić information content (AvgIpc) is 2.57. The van der Waals surface area contributed by atoms with E-state index in [0.717, 1.165) is 5.56 Å². The normalized spacial score (nSPS) is 13.1. The van der Waals surface area contributed by atoms with Crippen LogP contribution in [0.3, 0.4) is 0 Å². The molecule has 0 saturated heterocycles. The Labute approximate surface area is 87.5 Å². The Hall–Kier alpha value is -0.910. The molecule has 1 atom stereocenters. The van der Waals surface area contributed by atoms with Crippen LogP contribution in [0.15, 0.2) is 16.8 Å². The molecule has 4 N–H and O–H groups in total. The summed E-state index contributed by atoms with van der Waals surface area (Å²) in [4.78, 5) is 12.6. The first-order valence-electron chi connectivity index (χ1n) is 4.36. The molecule has 5 heteroatoms. The minimum absolute atomic E-state index is 0.0775. The summed E-state index contributed by atoms with van der Waals surface area (Å²) in [6, 6.07) is 2.09. The van der Waals surface area contributed by atoms with E-state index in [2.05, 4.69) is 0 Å². The van der Waals surface area contributed by atoms with Crippen LogP contribution in [0, 0.1) is 0 Å². The highest BCUT2D eigenvalue weighted by molar-refractivity contribution is 7.07. The van der Waals surface area contributed by atoms with Crippen molar-refractivity contribution < 1.29 is 4.79 Å². The van der Waals surface area contributed by atoms with Crippen LogP contribution in [0.25, 0.3) is 0 Å². The van der Waals surface area contributed by atoms with Crippen molar-refractivity contribution in [1.82, 2.24) is 4.90 Å². The summed E-state index contributed by atoms with van der Waals surface area (Å²) >= 11 is 1.62. The van der Waals surface area contributed by atoms with Crippen molar-refractivity contribution in [3.63, 3.8) is 0 Å². The van der Waals surface area contributed by atoms with Gasteiger partial charge in [-0.2, -0.15) is 11.3 Å². The van der Waals surface area contributed by atoms with E-state index in [9.17, 15) is 4.79 Å². The third-order valence-electron chi connectivity index (χ3n) is 2.09. The topological polar surface area (TPSA) is 72.3 Å². The van der Waals surface area contributed by atoms with E-state index in [1.165, 1.54) is 0 Å². The van der Waals surface area contributed by atoms with Gasteiger partial charge in [0.25, 0.3) is 0 Å². The average molecular weight is 213 g/mol. The maximum absolute atomic E-state index is 10.7. The molecule has 0 radical (unpaired) electrons. The molecule has 0 fully saturated rings. The lowest BCUT2D eigenvalue weighted by atomic mass is 10.1. The molecular formula is C9H15N3OS. The Balaban J connectivity index is 2.67. The predicted octanol–water partition coefficient (Wildman–Crippen LogP) is 0.165. The minimum atomic E-state index is -0.332. The van der Waals surface area contributed by atoms with Gasteiger partial charge in [0.2, 0.25) is 5.91 Å². The lowest BCUT2D eigenvalue weighted by Crippen LogP contribution is -2.36. The van der Waals surface area contributed by atoms with Gasteiger partial charge in [0, 0.05) is 12.6 Å². The fraction of sp³-hybridized carbons (Fsp3) is 0.444. The van der Waals surface area contributed by atoms with Crippen LogP contribution in [-0.4, -0.2) is 30.9 Å². The van der Waals surface area contributed by atoms with Crippen LogP contribution in [0.5, 0.6) is 0 Å². The molecule has 0 aromatic carbocycles. The summed E-state index contributed by atoms with van der Waals surface area (Å²) in [7, 11) is 1.85. The molecule has 0 spiro atoms. The number of rotatable bonds is 5. The zero-order valence-corrected chi connectivity index (χ0v) is 8.96. The van der Waals surface area contributed by atoms with Gasteiger partial charge in [-0.05, 0) is 29.4 Å². The van der Waals surface area contributed by atoms with Gasteiger partial charge >= 0.3 is 0 Å². The van der Waals surface area contributed by atoms with Crippen molar-refractivity contribution in [2.24, 2.45) is 11.5 Å². The van der Waals surface area contributed by atoms with Crippen molar-refractivity contribution in [2.45, 2.75) is 6.04 Å². The highest BCUT2D eigenvalue weighted by Gasteiger charge is 2.16. The van der Waals surface area contributed by atoms with Crippen LogP contribution >= 0.6 is 11.3 Å². The van der Waals surface area contributed by atoms with Crippen LogP contribution in [0.2, 0.25) is 0 Å². The van der Waals surface area contributed by atoms with Crippen LogP contribution in [0.4, 0.5) is 0 Å². The summed E-state index contributed by atoms with van der Waals surface area (Å²) in [5.41, 5.74) is 11.9. The molecule has 1 aromatic heterocycles. The predicted molar refractivity (Wildman–Crippen MR) is 57.9 cm³/mol. The van der Waals surface area contributed by atoms with Crippen LogP contribution in [-0.2, 0) is 4.79 Å². The first-order valence-corrected chi connectivity index (χ1v) is 5.30. The molecule has 0 aliphatic carbocycles. The SMILES string of the molecule is CN(CC(N)=O)C(CN)c1ccsc1. The van der Waals surface area contributed by atoms with Gasteiger partial charge in [-0.25, -0.2) is 0 Å². The zero-order valence-electron chi connectivity index (χ0n) is 8.14. The maximum Gasteiger partial charge on any atom is 0.231 e. The third-order valence-corrected chi connectivity index (χ3v) is 2.79. The van der Waals surface area contributed by atoms with E-state index in [1.807, 2.05) is 28.8 Å². The molecule has 0 aliphatic rings. The number of thiophene rings is 1. The number of amides is 1. The lowest BCUT2D eigenvalue weighted by molar-refractivity contribution is -0.119. The Morgan fingerprint density at radius 1 is 1.71 bits per heavy atom. The Kier molecular flexibility index (Phi) is 4.06. The van der Waals surface area contributed by atoms with E-state index in [4.69, 9.17) is 11.5 Å². The van der Waals surface area contributed by atoms with Crippen molar-refractivity contribution in [3.8, 4) is 0 Å². The van der Waals surface area contributed by atoms with Gasteiger partial charge in [-0.1, -0.05) is 0 Å². The molecule has 14 heavy (non-hydrogen) atoms. The van der Waals surface area contributed by atoms with E-state index in [1.54, 1.807) is 11.3 Å². The highest BCUT2D eigenvalue weighted by atomic mass is 32.1. The fourth-order valence-corrected chi connectivity index (χ4v) is 2.10. The van der Waals surface area contributed by atoms with Crippen molar-refractivity contribution in [3.05, 3.63) is 22.4 Å². The molecule has 1 aromatic rings. The Morgan fingerprint density at radius 3 is 2.86 bits per heavy atom. The van der Waals surface area contributed by atoms with E-state index in [0.29, 0.717) is 6.54 Å². The first kappa shape index (κ1) is 11.2. The molecule has 0 bridgehead atoms. The van der Waals surface area contributed by atoms with Gasteiger partial charge in [0.05, 0.1) is 6.54 Å². The summed E-state index contributed by atoms with van der Waals surface area (Å²) in [5.74, 6) is -0.332. The monoisotopic (exact) mass is 213 g/mol. The molecule has 1 unspecified atom stereocenters. The standard InChI is InChI=1S/C9H15N3OS/c1-12(5-9(11)13)8(4-10)7-2-3-14-6-7/h2-3,6,8H,4-5,10H2,1H3,(H2,11,13). The van der Waals surface area contributed by atoms with Gasteiger partial charge in [-0.3, -0.25) is 9.69 Å². The zero-order chi connectivity index (χ0) is 10.6. The molecule has 0 saturated carbocycles. The number of carbonyl (C=O) groups is 1. The maximum atomic E-state index is 10.7. The number of carbonyl (C=O) groups excluding carboxylic acids is 1. The highest BCUT2D eigenvalue weighted by Crippen LogP contribution is 2.20. The molecule has 0 aliphatic heterocycles. The molecule has 78 valence electrons. The number of nitrogens with zero attached hydrogens (tertiary/aromatic N) is 1. The smallest absolute Gasteiger partial charge is 0.231 e. The van der Waals surface area contributed by atoms with Crippen LogP contribution < -0.4 is 11.5 Å². The van der Waals surface area contributed by atoms with Gasteiger partial charge in [-0.15, -0.1) is 0 Å². The quantitative estimate of drug-likeness (QED) is 0.732. The third kappa shape index (κ3) is 2.80. The number of likely N-dealkylation sites (N-methyl/N-ethyl adjacent to an activating group) is 1. The van der Waals surface area contributed by atoms with Gasteiger partial charge < -0.3 is 11.5 Å². The Bertz CT molecular complexity index is 286. The number of primary amides is 1. The van der Waals surface area contributed by atoms with Crippen LogP contribution in [0.1, 0.15) is 11.6 Å². The van der Waals surface area contributed by atoms with Crippen molar-refractivity contribution in [1.29, 1.82) is 0 Å². The summed E-state index contributed by atoms with van der Waals surface area (Å²) in [6.07, 6.45) is 0. The largest absolute Gasteiger partial charge is 0.369 e. The van der Waals surface area contributed by atoms with E-state index in [-0.39, 0.29) is 18.5 Å². The number of hydrogen-bond acceptors (Lipinski definition) is 4. The van der Waals surface area contributed by atoms with E-state index >= 15 is 0 Å². The lowest BCUT2D eigenvalue weighted by Gasteiger charge is -2.24. The number of hydrogen-bond donors (Lipinski definition) is 2. The van der Waals surface area contributed by atoms with Crippen molar-refractivity contribution >= 4 is 17.2 Å². The van der Waals surface area contributed by atoms with Gasteiger partial charge in [0.15, 0.2) is 0 Å². The molecule has 4 nitrogen and oxygen atoms in total. The second kappa shape index (κ2) is 5.09. The number of nitrogens with two attached hydrogens (primary N) is 2. The summed E-state index contributed by atoms with van der Waals surface area (Å²) < 4.78 is 0. The van der Waals surface area contributed by atoms with Gasteiger partial charge in [0.1, 0.15) is 0 Å². The van der Waals surface area contributed by atoms with Crippen molar-refractivity contribution in [2.75, 3.05) is 20.1 Å². The first-order chi connectivity index (χ1) is 6.65. The molecule has 1 heterocycles. The minimum Gasteiger partial charge on any atom is -0.369 e. The Morgan fingerprint density at radius 2 is 2.43 bits per heavy atom. The second-order valence-corrected chi connectivity index (χ2v) is 3.97. The summed E-state index contributed by atoms with van der Waals surface area (Å²) in [5, 5.41) is 4.03. The fourth-order valence-electron chi connectivity index (χ4n) is 1.39. The molecule has 1 amide bonds. The second-order valence-electron chi connectivity index (χ2n) is 3.19. The summed E-state index contributed by atoms with van der Waals surface area (Å²) in [6.45, 7) is 0.720.